The summed E-state index contributed by atoms with van der Waals surface area (Å²) in [6.45, 7) is 2.12. The first kappa shape index (κ1) is 18.3. The Morgan fingerprint density at radius 2 is 2.00 bits per heavy atom. The van der Waals surface area contributed by atoms with Crippen molar-refractivity contribution in [2.75, 3.05) is 33.9 Å². The van der Waals surface area contributed by atoms with Gasteiger partial charge in [-0.3, -0.25) is 4.79 Å². The van der Waals surface area contributed by atoms with Crippen LogP contribution in [0.5, 0.6) is 11.5 Å². The maximum absolute atomic E-state index is 13.9. The van der Waals surface area contributed by atoms with Gasteiger partial charge in [-0.15, -0.1) is 12.4 Å². The summed E-state index contributed by atoms with van der Waals surface area (Å²) in [5, 5.41) is 5.92. The van der Waals surface area contributed by atoms with Gasteiger partial charge in [0.15, 0.2) is 11.5 Å². The number of hydrogen-bond donors (Lipinski definition) is 2. The highest BCUT2D eigenvalue weighted by atomic mass is 35.5. The van der Waals surface area contributed by atoms with Gasteiger partial charge in [-0.1, -0.05) is 11.6 Å². The zero-order chi connectivity index (χ0) is 15.2. The van der Waals surface area contributed by atoms with Gasteiger partial charge >= 0.3 is 0 Å². The maximum atomic E-state index is 13.9. The normalized spacial score (nSPS) is 13.7. The molecule has 0 atom stereocenters. The molecule has 1 heterocycles. The summed E-state index contributed by atoms with van der Waals surface area (Å²) in [5.41, 5.74) is 1.09. The van der Waals surface area contributed by atoms with Crippen LogP contribution >= 0.6 is 12.4 Å². The Bertz CT molecular complexity index is 564. The number of methoxy groups -OCH3 is 2. The Hall–Kier alpha value is -1.79. The fraction of sp³-hybridized carbons (Fsp3) is 0.400. The molecule has 0 saturated carbocycles. The first-order chi connectivity index (χ1) is 10.2. The number of hydrogen-bond acceptors (Lipinski definition) is 4. The van der Waals surface area contributed by atoms with Crippen molar-refractivity contribution in [3.63, 3.8) is 0 Å². The SMILES string of the molecule is COc1cc(F)c(C(=O)NCC2=CCNCC2)cc1OC.Cl. The lowest BCUT2D eigenvalue weighted by Gasteiger charge is -2.15. The predicted octanol–water partition coefficient (Wildman–Crippen LogP) is 1.91. The Morgan fingerprint density at radius 3 is 2.59 bits per heavy atom. The molecule has 1 aromatic rings. The molecule has 0 bridgehead atoms. The van der Waals surface area contributed by atoms with E-state index in [4.69, 9.17) is 9.47 Å². The van der Waals surface area contributed by atoms with Crippen LogP contribution in [-0.4, -0.2) is 39.8 Å². The molecule has 0 fully saturated rings. The van der Waals surface area contributed by atoms with Crippen LogP contribution in [0.4, 0.5) is 4.39 Å². The third-order valence-corrected chi connectivity index (χ3v) is 3.35. The van der Waals surface area contributed by atoms with Crippen molar-refractivity contribution in [1.29, 1.82) is 0 Å². The van der Waals surface area contributed by atoms with E-state index in [1.165, 1.54) is 20.3 Å². The number of amides is 1. The summed E-state index contributed by atoms with van der Waals surface area (Å²) in [6, 6.07) is 2.50. The Labute approximate surface area is 135 Å². The molecule has 1 aliphatic heterocycles. The van der Waals surface area contributed by atoms with Gasteiger partial charge in [0.1, 0.15) is 5.82 Å². The van der Waals surface area contributed by atoms with E-state index in [1.54, 1.807) is 0 Å². The van der Waals surface area contributed by atoms with Crippen molar-refractivity contribution >= 4 is 18.3 Å². The first-order valence-electron chi connectivity index (χ1n) is 6.74. The summed E-state index contributed by atoms with van der Waals surface area (Å²) in [6.07, 6.45) is 2.92. The Kier molecular flexibility index (Phi) is 7.14. The van der Waals surface area contributed by atoms with Crippen molar-refractivity contribution < 1.29 is 18.7 Å². The van der Waals surface area contributed by atoms with Crippen LogP contribution in [0.15, 0.2) is 23.8 Å². The molecule has 2 N–H and O–H groups in total. The highest BCUT2D eigenvalue weighted by Crippen LogP contribution is 2.29. The molecule has 0 saturated heterocycles. The van der Waals surface area contributed by atoms with Crippen molar-refractivity contribution in [2.45, 2.75) is 6.42 Å². The number of ether oxygens (including phenoxy) is 2. The Balaban J connectivity index is 0.00000242. The fourth-order valence-corrected chi connectivity index (χ4v) is 2.15. The minimum Gasteiger partial charge on any atom is -0.493 e. The highest BCUT2D eigenvalue weighted by molar-refractivity contribution is 5.95. The second-order valence-electron chi connectivity index (χ2n) is 4.69. The minimum absolute atomic E-state index is 0. The molecule has 0 aliphatic carbocycles. The smallest absolute Gasteiger partial charge is 0.254 e. The van der Waals surface area contributed by atoms with Crippen LogP contribution < -0.4 is 20.1 Å². The van der Waals surface area contributed by atoms with Crippen LogP contribution in [0.25, 0.3) is 0 Å². The van der Waals surface area contributed by atoms with Crippen LogP contribution in [0, 0.1) is 5.82 Å². The quantitative estimate of drug-likeness (QED) is 0.810. The third-order valence-electron chi connectivity index (χ3n) is 3.35. The van der Waals surface area contributed by atoms with E-state index in [1.807, 2.05) is 6.08 Å². The number of carbonyl (C=O) groups is 1. The first-order valence-corrected chi connectivity index (χ1v) is 6.74. The number of rotatable bonds is 5. The van der Waals surface area contributed by atoms with E-state index in [0.717, 1.165) is 31.1 Å². The van der Waals surface area contributed by atoms with E-state index >= 15 is 0 Å². The van der Waals surface area contributed by atoms with Crippen LogP contribution in [0.3, 0.4) is 0 Å². The van der Waals surface area contributed by atoms with Gasteiger partial charge in [0.05, 0.1) is 19.8 Å². The molecule has 0 spiro atoms. The summed E-state index contributed by atoms with van der Waals surface area (Å²) in [4.78, 5) is 12.1. The van der Waals surface area contributed by atoms with Gasteiger partial charge < -0.3 is 20.1 Å². The molecule has 122 valence electrons. The number of halogens is 2. The summed E-state index contributed by atoms with van der Waals surface area (Å²) in [7, 11) is 2.86. The molecular weight excluding hydrogens is 311 g/mol. The van der Waals surface area contributed by atoms with Gasteiger partial charge in [-0.25, -0.2) is 4.39 Å². The van der Waals surface area contributed by atoms with Gasteiger partial charge in [-0.05, 0) is 19.0 Å². The Morgan fingerprint density at radius 1 is 1.32 bits per heavy atom. The highest BCUT2D eigenvalue weighted by Gasteiger charge is 2.17. The molecule has 0 aromatic heterocycles. The average Bonchev–Trinajstić information content (AvgIpc) is 2.53. The molecule has 22 heavy (non-hydrogen) atoms. The molecule has 2 rings (SSSR count). The van der Waals surface area contributed by atoms with E-state index in [2.05, 4.69) is 10.6 Å². The lowest BCUT2D eigenvalue weighted by molar-refractivity contribution is 0.0952. The topological polar surface area (TPSA) is 59.6 Å². The summed E-state index contributed by atoms with van der Waals surface area (Å²) < 4.78 is 24.0. The van der Waals surface area contributed by atoms with Crippen molar-refractivity contribution in [2.24, 2.45) is 0 Å². The molecule has 0 radical (unpaired) electrons. The van der Waals surface area contributed by atoms with Gasteiger partial charge in [0.25, 0.3) is 5.91 Å². The van der Waals surface area contributed by atoms with Crippen molar-refractivity contribution in [3.05, 3.63) is 35.2 Å². The zero-order valence-corrected chi connectivity index (χ0v) is 13.4. The van der Waals surface area contributed by atoms with Gasteiger partial charge in [-0.2, -0.15) is 0 Å². The molecule has 0 unspecified atom stereocenters. The van der Waals surface area contributed by atoms with Crippen molar-refractivity contribution in [1.82, 2.24) is 10.6 Å². The minimum atomic E-state index is -0.635. The van der Waals surface area contributed by atoms with E-state index in [0.29, 0.717) is 12.3 Å². The molecule has 7 heteroatoms. The number of carbonyl (C=O) groups excluding carboxylic acids is 1. The lowest BCUT2D eigenvalue weighted by atomic mass is 10.1. The monoisotopic (exact) mass is 330 g/mol. The van der Waals surface area contributed by atoms with Crippen molar-refractivity contribution in [3.8, 4) is 11.5 Å². The van der Waals surface area contributed by atoms with E-state index in [-0.39, 0.29) is 23.7 Å². The largest absolute Gasteiger partial charge is 0.493 e. The standard InChI is InChI=1S/C15H19FN2O3.ClH/c1-20-13-7-11(12(16)8-14(13)21-2)15(19)18-9-10-3-5-17-6-4-10;/h3,7-8,17H,4-6,9H2,1-2H3,(H,18,19);1H. The van der Waals surface area contributed by atoms with Crippen LogP contribution in [0.1, 0.15) is 16.8 Å². The predicted molar refractivity (Wildman–Crippen MR) is 84.7 cm³/mol. The summed E-state index contributed by atoms with van der Waals surface area (Å²) in [5.74, 6) is -0.518. The second-order valence-corrected chi connectivity index (χ2v) is 4.69. The second kappa shape index (κ2) is 8.60. The van der Waals surface area contributed by atoms with Crippen LogP contribution in [-0.2, 0) is 0 Å². The molecule has 5 nitrogen and oxygen atoms in total. The van der Waals surface area contributed by atoms with Crippen LogP contribution in [0.2, 0.25) is 0 Å². The summed E-state index contributed by atoms with van der Waals surface area (Å²) >= 11 is 0. The fourth-order valence-electron chi connectivity index (χ4n) is 2.15. The molecule has 1 aliphatic rings. The van der Waals surface area contributed by atoms with E-state index < -0.39 is 11.7 Å². The number of benzene rings is 1. The molecular formula is C15H20ClFN2O3. The van der Waals surface area contributed by atoms with Gasteiger partial charge in [0.2, 0.25) is 0 Å². The van der Waals surface area contributed by atoms with Gasteiger partial charge in [0, 0.05) is 19.2 Å². The average molecular weight is 331 g/mol. The van der Waals surface area contributed by atoms with E-state index in [9.17, 15) is 9.18 Å². The zero-order valence-electron chi connectivity index (χ0n) is 12.6. The molecule has 1 amide bonds. The third kappa shape index (κ3) is 4.35. The molecule has 1 aromatic carbocycles. The maximum Gasteiger partial charge on any atom is 0.254 e. The lowest BCUT2D eigenvalue weighted by Crippen LogP contribution is -2.30. The number of nitrogens with one attached hydrogen (secondary N) is 2.